The van der Waals surface area contributed by atoms with Crippen molar-refractivity contribution in [3.8, 4) is 0 Å². The van der Waals surface area contributed by atoms with E-state index in [-0.39, 0.29) is 12.0 Å². The number of rotatable bonds is 2. The number of aliphatic hydroxyl groups is 1. The molecule has 1 aromatic rings. The van der Waals surface area contributed by atoms with E-state index < -0.39 is 0 Å². The Labute approximate surface area is 73.0 Å². The summed E-state index contributed by atoms with van der Waals surface area (Å²) in [5.41, 5.74) is 1.84. The van der Waals surface area contributed by atoms with E-state index in [4.69, 9.17) is 5.11 Å². The van der Waals surface area contributed by atoms with Crippen molar-refractivity contribution < 1.29 is 5.11 Å². The van der Waals surface area contributed by atoms with Crippen LogP contribution >= 0.6 is 0 Å². The smallest absolute Gasteiger partial charge is 0.0706 e. The normalized spacial score (nSPS) is 12.1. The molecule has 1 heterocycles. The number of aryl methyl sites for hydroxylation is 2. The first-order valence-electron chi connectivity index (χ1n) is 4.09. The molecule has 0 atom stereocenters. The Morgan fingerprint density at radius 1 is 1.58 bits per heavy atom. The number of aromatic nitrogens is 2. The highest BCUT2D eigenvalue weighted by molar-refractivity contribution is 5.17. The molecule has 0 saturated carbocycles. The van der Waals surface area contributed by atoms with Gasteiger partial charge in [-0.25, -0.2) is 0 Å². The third kappa shape index (κ3) is 1.50. The molecule has 0 amide bonds. The van der Waals surface area contributed by atoms with Crippen molar-refractivity contribution in [2.75, 3.05) is 6.61 Å². The number of hydrogen-bond donors (Lipinski definition) is 1. The van der Waals surface area contributed by atoms with Crippen molar-refractivity contribution in [1.29, 1.82) is 0 Å². The minimum absolute atomic E-state index is 0.128. The van der Waals surface area contributed by atoms with Crippen LogP contribution in [0.15, 0.2) is 6.07 Å². The molecular weight excluding hydrogens is 152 g/mol. The van der Waals surface area contributed by atoms with Crippen molar-refractivity contribution in [2.45, 2.75) is 26.2 Å². The van der Waals surface area contributed by atoms with Crippen molar-refractivity contribution in [3.05, 3.63) is 17.5 Å². The lowest BCUT2D eigenvalue weighted by atomic mass is 9.90. The van der Waals surface area contributed by atoms with Gasteiger partial charge in [0, 0.05) is 18.2 Å². The molecule has 0 radical (unpaired) electrons. The average molecular weight is 168 g/mol. The van der Waals surface area contributed by atoms with E-state index in [9.17, 15) is 0 Å². The molecule has 0 aliphatic rings. The quantitative estimate of drug-likeness (QED) is 0.715. The highest BCUT2D eigenvalue weighted by Crippen LogP contribution is 2.21. The van der Waals surface area contributed by atoms with Gasteiger partial charge in [0.1, 0.15) is 0 Å². The van der Waals surface area contributed by atoms with Gasteiger partial charge < -0.3 is 5.11 Å². The van der Waals surface area contributed by atoms with Crippen molar-refractivity contribution in [2.24, 2.45) is 7.05 Å². The van der Waals surface area contributed by atoms with E-state index in [1.807, 2.05) is 38.6 Å². The van der Waals surface area contributed by atoms with E-state index in [1.54, 1.807) is 0 Å². The summed E-state index contributed by atoms with van der Waals surface area (Å²) in [4.78, 5) is 0. The highest BCUT2D eigenvalue weighted by atomic mass is 16.3. The molecule has 3 nitrogen and oxygen atoms in total. The topological polar surface area (TPSA) is 38.1 Å². The standard InChI is InChI=1S/C9H16N2O/c1-7-5-8(10-11(7)4)9(2,3)6-12/h5,12H,6H2,1-4H3. The van der Waals surface area contributed by atoms with Crippen LogP contribution < -0.4 is 0 Å². The first kappa shape index (κ1) is 9.26. The summed E-state index contributed by atoms with van der Waals surface area (Å²) in [7, 11) is 1.91. The summed E-state index contributed by atoms with van der Waals surface area (Å²) in [6, 6.07) is 2.01. The summed E-state index contributed by atoms with van der Waals surface area (Å²) < 4.78 is 1.83. The molecule has 12 heavy (non-hydrogen) atoms. The molecule has 0 fully saturated rings. The van der Waals surface area contributed by atoms with E-state index in [2.05, 4.69) is 5.10 Å². The van der Waals surface area contributed by atoms with Crippen LogP contribution in [0.4, 0.5) is 0 Å². The molecule has 3 heteroatoms. The maximum Gasteiger partial charge on any atom is 0.0706 e. The Hall–Kier alpha value is -0.830. The molecule has 0 unspecified atom stereocenters. The van der Waals surface area contributed by atoms with Crippen LogP contribution in [-0.4, -0.2) is 21.5 Å². The van der Waals surface area contributed by atoms with Gasteiger partial charge in [0.05, 0.1) is 12.3 Å². The van der Waals surface area contributed by atoms with E-state index in [0.29, 0.717) is 0 Å². The van der Waals surface area contributed by atoms with Crippen molar-refractivity contribution >= 4 is 0 Å². The van der Waals surface area contributed by atoms with Crippen LogP contribution in [0, 0.1) is 6.92 Å². The molecular formula is C9H16N2O. The van der Waals surface area contributed by atoms with Crippen LogP contribution in [-0.2, 0) is 12.5 Å². The molecule has 0 bridgehead atoms. The Morgan fingerprint density at radius 2 is 2.17 bits per heavy atom. The largest absolute Gasteiger partial charge is 0.395 e. The third-order valence-electron chi connectivity index (χ3n) is 2.20. The fourth-order valence-corrected chi connectivity index (χ4v) is 0.972. The number of aliphatic hydroxyl groups excluding tert-OH is 1. The minimum atomic E-state index is -0.230. The van der Waals surface area contributed by atoms with Gasteiger partial charge in [-0.2, -0.15) is 5.10 Å². The summed E-state index contributed by atoms with van der Waals surface area (Å²) in [6.45, 7) is 6.09. The zero-order valence-electron chi connectivity index (χ0n) is 8.13. The van der Waals surface area contributed by atoms with Crippen LogP contribution in [0.3, 0.4) is 0 Å². The van der Waals surface area contributed by atoms with E-state index in [1.165, 1.54) is 0 Å². The van der Waals surface area contributed by atoms with Gasteiger partial charge in [-0.1, -0.05) is 13.8 Å². The van der Waals surface area contributed by atoms with Crippen LogP contribution in [0.25, 0.3) is 0 Å². The molecule has 0 spiro atoms. The Kier molecular flexibility index (Phi) is 2.24. The Bertz CT molecular complexity index is 257. The second-order valence-electron chi connectivity index (χ2n) is 3.84. The molecule has 0 aliphatic carbocycles. The van der Waals surface area contributed by atoms with Gasteiger partial charge in [-0.3, -0.25) is 4.68 Å². The number of hydrogen-bond acceptors (Lipinski definition) is 2. The first-order chi connectivity index (χ1) is 5.47. The van der Waals surface area contributed by atoms with Crippen LogP contribution in [0.5, 0.6) is 0 Å². The summed E-state index contributed by atoms with van der Waals surface area (Å²) in [5, 5.41) is 13.4. The molecule has 1 rings (SSSR count). The molecule has 0 aliphatic heterocycles. The summed E-state index contributed by atoms with van der Waals surface area (Å²) in [6.07, 6.45) is 0. The molecule has 1 N–H and O–H groups in total. The average Bonchev–Trinajstić information content (AvgIpc) is 2.33. The van der Waals surface area contributed by atoms with E-state index in [0.717, 1.165) is 11.4 Å². The van der Waals surface area contributed by atoms with Gasteiger partial charge in [-0.05, 0) is 13.0 Å². The Balaban J connectivity index is 3.04. The molecule has 68 valence electrons. The van der Waals surface area contributed by atoms with Gasteiger partial charge in [0.25, 0.3) is 0 Å². The molecule has 0 saturated heterocycles. The van der Waals surface area contributed by atoms with Crippen LogP contribution in [0.1, 0.15) is 25.2 Å². The zero-order chi connectivity index (χ0) is 9.35. The predicted molar refractivity (Wildman–Crippen MR) is 48.1 cm³/mol. The Morgan fingerprint density at radius 3 is 2.50 bits per heavy atom. The summed E-state index contributed by atoms with van der Waals surface area (Å²) >= 11 is 0. The van der Waals surface area contributed by atoms with Gasteiger partial charge in [0.15, 0.2) is 0 Å². The highest BCUT2D eigenvalue weighted by Gasteiger charge is 2.22. The van der Waals surface area contributed by atoms with Crippen LogP contribution in [0.2, 0.25) is 0 Å². The SMILES string of the molecule is Cc1cc(C(C)(C)CO)nn1C. The lowest BCUT2D eigenvalue weighted by Crippen LogP contribution is -2.22. The monoisotopic (exact) mass is 168 g/mol. The minimum Gasteiger partial charge on any atom is -0.395 e. The van der Waals surface area contributed by atoms with Gasteiger partial charge >= 0.3 is 0 Å². The summed E-state index contributed by atoms with van der Waals surface area (Å²) in [5.74, 6) is 0. The maximum absolute atomic E-state index is 9.10. The zero-order valence-corrected chi connectivity index (χ0v) is 8.13. The van der Waals surface area contributed by atoms with E-state index >= 15 is 0 Å². The third-order valence-corrected chi connectivity index (χ3v) is 2.20. The second-order valence-corrected chi connectivity index (χ2v) is 3.84. The first-order valence-corrected chi connectivity index (χ1v) is 4.09. The molecule has 0 aromatic carbocycles. The van der Waals surface area contributed by atoms with Crippen molar-refractivity contribution in [1.82, 2.24) is 9.78 Å². The fourth-order valence-electron chi connectivity index (χ4n) is 0.972. The predicted octanol–water partition coefficient (Wildman–Crippen LogP) is 0.998. The number of nitrogens with zero attached hydrogens (tertiary/aromatic N) is 2. The lowest BCUT2D eigenvalue weighted by Gasteiger charge is -2.17. The lowest BCUT2D eigenvalue weighted by molar-refractivity contribution is 0.214. The van der Waals surface area contributed by atoms with Crippen molar-refractivity contribution in [3.63, 3.8) is 0 Å². The van der Waals surface area contributed by atoms with Gasteiger partial charge in [-0.15, -0.1) is 0 Å². The second kappa shape index (κ2) is 2.90. The molecule has 1 aromatic heterocycles. The maximum atomic E-state index is 9.10. The van der Waals surface area contributed by atoms with Gasteiger partial charge in [0.2, 0.25) is 0 Å². The fraction of sp³-hybridized carbons (Fsp3) is 0.667.